The largest absolute Gasteiger partial charge is 0.355 e. The summed E-state index contributed by atoms with van der Waals surface area (Å²) >= 11 is 0. The van der Waals surface area contributed by atoms with Crippen LogP contribution in [-0.4, -0.2) is 58.8 Å². The van der Waals surface area contributed by atoms with Crippen molar-refractivity contribution in [3.8, 4) is 0 Å². The summed E-state index contributed by atoms with van der Waals surface area (Å²) in [6.07, 6.45) is 4.62. The molecule has 6 heteroatoms. The summed E-state index contributed by atoms with van der Waals surface area (Å²) in [4.78, 5) is 9.31. The number of likely N-dealkylation sites (tertiary alicyclic amines) is 1. The first-order chi connectivity index (χ1) is 14.0. The van der Waals surface area contributed by atoms with Crippen molar-refractivity contribution in [1.82, 2.24) is 24.9 Å². The summed E-state index contributed by atoms with van der Waals surface area (Å²) < 4.78 is 1.91. The zero-order chi connectivity index (χ0) is 20.8. The van der Waals surface area contributed by atoms with Crippen LogP contribution in [0, 0.1) is 0 Å². The Morgan fingerprint density at radius 2 is 2.07 bits per heavy atom. The van der Waals surface area contributed by atoms with Crippen molar-refractivity contribution in [1.29, 1.82) is 0 Å². The third kappa shape index (κ3) is 5.60. The van der Waals surface area contributed by atoms with Crippen molar-refractivity contribution < 1.29 is 0 Å². The fraction of sp³-hybridized carbons (Fsp3) is 0.565. The Hall–Kier alpha value is -2.34. The number of rotatable bonds is 7. The molecule has 1 N–H and O–H groups in total. The quantitative estimate of drug-likeness (QED) is 0.577. The highest BCUT2D eigenvalue weighted by atomic mass is 15.3. The topological polar surface area (TPSA) is 48.7 Å². The maximum absolute atomic E-state index is 4.63. The van der Waals surface area contributed by atoms with Gasteiger partial charge in [0.15, 0.2) is 5.96 Å². The lowest BCUT2D eigenvalue weighted by Crippen LogP contribution is -2.45. The van der Waals surface area contributed by atoms with Gasteiger partial charge >= 0.3 is 0 Å². The summed E-state index contributed by atoms with van der Waals surface area (Å²) in [6.45, 7) is 8.31. The average Bonchev–Trinajstić information content (AvgIpc) is 3.29. The van der Waals surface area contributed by atoms with Crippen LogP contribution in [0.1, 0.15) is 49.4 Å². The van der Waals surface area contributed by atoms with Gasteiger partial charge in [-0.15, -0.1) is 0 Å². The molecule has 1 saturated heterocycles. The third-order valence-corrected chi connectivity index (χ3v) is 5.69. The molecule has 0 bridgehead atoms. The molecule has 0 saturated carbocycles. The Balaban J connectivity index is 1.57. The number of hydrogen-bond donors (Lipinski definition) is 1. The average molecular weight is 397 g/mol. The van der Waals surface area contributed by atoms with E-state index in [9.17, 15) is 0 Å². The van der Waals surface area contributed by atoms with Gasteiger partial charge in [0.2, 0.25) is 0 Å². The zero-order valence-corrected chi connectivity index (χ0v) is 18.6. The molecular weight excluding hydrogens is 360 g/mol. The predicted octanol–water partition coefficient (Wildman–Crippen LogP) is 3.22. The van der Waals surface area contributed by atoms with Crippen LogP contribution >= 0.6 is 0 Å². The molecule has 29 heavy (non-hydrogen) atoms. The first-order valence-corrected chi connectivity index (χ1v) is 10.7. The van der Waals surface area contributed by atoms with Crippen LogP contribution in [0.15, 0.2) is 41.5 Å². The molecule has 2 aromatic rings. The number of aromatic nitrogens is 2. The highest BCUT2D eigenvalue weighted by Gasteiger charge is 2.25. The summed E-state index contributed by atoms with van der Waals surface area (Å²) in [5, 5.41) is 8.24. The van der Waals surface area contributed by atoms with Crippen LogP contribution in [0.3, 0.4) is 0 Å². The fourth-order valence-electron chi connectivity index (χ4n) is 4.24. The van der Waals surface area contributed by atoms with Crippen molar-refractivity contribution in [3.63, 3.8) is 0 Å². The SMILES string of the molecule is CN=C(NCC1CCCN1Cc1ccccc1)N(C)Cc1cn(C)nc1C(C)C. The van der Waals surface area contributed by atoms with E-state index in [1.807, 2.05) is 18.8 Å². The van der Waals surface area contributed by atoms with Crippen molar-refractivity contribution in [2.24, 2.45) is 12.0 Å². The van der Waals surface area contributed by atoms with Gasteiger partial charge in [-0.3, -0.25) is 14.6 Å². The van der Waals surface area contributed by atoms with E-state index in [1.54, 1.807) is 0 Å². The Morgan fingerprint density at radius 1 is 1.31 bits per heavy atom. The van der Waals surface area contributed by atoms with Crippen molar-refractivity contribution in [2.45, 2.75) is 51.7 Å². The minimum atomic E-state index is 0.416. The van der Waals surface area contributed by atoms with Gasteiger partial charge in [-0.25, -0.2) is 0 Å². The maximum atomic E-state index is 4.63. The van der Waals surface area contributed by atoms with E-state index in [4.69, 9.17) is 0 Å². The highest BCUT2D eigenvalue weighted by Crippen LogP contribution is 2.20. The molecule has 1 aromatic heterocycles. The number of nitrogens with one attached hydrogen (secondary N) is 1. The van der Waals surface area contributed by atoms with E-state index in [1.165, 1.54) is 36.2 Å². The lowest BCUT2D eigenvalue weighted by molar-refractivity contribution is 0.243. The normalized spacial score (nSPS) is 17.9. The lowest BCUT2D eigenvalue weighted by Gasteiger charge is -2.28. The Morgan fingerprint density at radius 3 is 2.76 bits per heavy atom. The van der Waals surface area contributed by atoms with Gasteiger partial charge in [0.05, 0.1) is 5.69 Å². The van der Waals surface area contributed by atoms with Crippen molar-refractivity contribution >= 4 is 5.96 Å². The summed E-state index contributed by atoms with van der Waals surface area (Å²) in [6, 6.07) is 11.3. The second-order valence-electron chi connectivity index (χ2n) is 8.40. The molecule has 6 nitrogen and oxygen atoms in total. The van der Waals surface area contributed by atoms with Gasteiger partial charge in [0, 0.05) is 58.6 Å². The first-order valence-electron chi connectivity index (χ1n) is 10.7. The number of aryl methyl sites for hydroxylation is 1. The Labute approximate surface area is 175 Å². The number of guanidine groups is 1. The molecule has 1 unspecified atom stereocenters. The molecule has 0 radical (unpaired) electrons. The minimum Gasteiger partial charge on any atom is -0.355 e. The van der Waals surface area contributed by atoms with Gasteiger partial charge in [-0.1, -0.05) is 44.2 Å². The van der Waals surface area contributed by atoms with E-state index in [0.29, 0.717) is 12.0 Å². The fourth-order valence-corrected chi connectivity index (χ4v) is 4.24. The zero-order valence-electron chi connectivity index (χ0n) is 18.6. The van der Waals surface area contributed by atoms with E-state index in [-0.39, 0.29) is 0 Å². The van der Waals surface area contributed by atoms with Crippen LogP contribution < -0.4 is 5.32 Å². The van der Waals surface area contributed by atoms with Gasteiger partial charge in [0.25, 0.3) is 0 Å². The van der Waals surface area contributed by atoms with Crippen LogP contribution in [0.5, 0.6) is 0 Å². The molecule has 158 valence electrons. The van der Waals surface area contributed by atoms with Crippen molar-refractivity contribution in [2.75, 3.05) is 27.2 Å². The van der Waals surface area contributed by atoms with Gasteiger partial charge in [-0.2, -0.15) is 5.10 Å². The molecule has 0 spiro atoms. The third-order valence-electron chi connectivity index (χ3n) is 5.69. The molecule has 1 aromatic carbocycles. The summed E-state index contributed by atoms with van der Waals surface area (Å²) in [7, 11) is 5.95. The smallest absolute Gasteiger partial charge is 0.193 e. The molecule has 2 heterocycles. The van der Waals surface area contributed by atoms with E-state index in [0.717, 1.165) is 25.6 Å². The maximum Gasteiger partial charge on any atom is 0.193 e. The number of nitrogens with zero attached hydrogens (tertiary/aromatic N) is 5. The molecule has 1 aliphatic heterocycles. The van der Waals surface area contributed by atoms with Gasteiger partial charge in [0.1, 0.15) is 0 Å². The Bertz CT molecular complexity index is 795. The second kappa shape index (κ2) is 9.92. The first kappa shape index (κ1) is 21.4. The highest BCUT2D eigenvalue weighted by molar-refractivity contribution is 5.79. The van der Waals surface area contributed by atoms with Crippen molar-refractivity contribution in [3.05, 3.63) is 53.3 Å². The van der Waals surface area contributed by atoms with Gasteiger partial charge in [-0.05, 0) is 30.9 Å². The molecule has 0 aliphatic carbocycles. The Kier molecular flexibility index (Phi) is 7.31. The van der Waals surface area contributed by atoms with Crippen LogP contribution in [0.25, 0.3) is 0 Å². The number of benzene rings is 1. The molecule has 1 atom stereocenters. The van der Waals surface area contributed by atoms with Crippen LogP contribution in [0.2, 0.25) is 0 Å². The molecule has 0 amide bonds. The van der Waals surface area contributed by atoms with Crippen LogP contribution in [-0.2, 0) is 20.1 Å². The molecule has 3 rings (SSSR count). The van der Waals surface area contributed by atoms with E-state index < -0.39 is 0 Å². The predicted molar refractivity (Wildman–Crippen MR) is 120 cm³/mol. The molecule has 1 aliphatic rings. The summed E-state index contributed by atoms with van der Waals surface area (Å²) in [5.74, 6) is 1.36. The number of hydrogen-bond acceptors (Lipinski definition) is 3. The lowest BCUT2D eigenvalue weighted by atomic mass is 10.1. The van der Waals surface area contributed by atoms with E-state index >= 15 is 0 Å². The molecule has 1 fully saturated rings. The van der Waals surface area contributed by atoms with Gasteiger partial charge < -0.3 is 10.2 Å². The second-order valence-corrected chi connectivity index (χ2v) is 8.40. The summed E-state index contributed by atoms with van der Waals surface area (Å²) in [5.41, 5.74) is 3.82. The molecular formula is C23H36N6. The monoisotopic (exact) mass is 396 g/mol. The standard InChI is InChI=1S/C23H36N6/c1-18(2)22-20(17-28(5)26-22)16-27(4)23(24-3)25-14-21-12-9-13-29(21)15-19-10-7-6-8-11-19/h6-8,10-11,17-18,21H,9,12-16H2,1-5H3,(H,24,25). The van der Waals surface area contributed by atoms with E-state index in [2.05, 4.69) is 82.6 Å². The number of aliphatic imine (C=N–C) groups is 1. The minimum absolute atomic E-state index is 0.416. The van der Waals surface area contributed by atoms with Crippen LogP contribution in [0.4, 0.5) is 0 Å².